The zero-order valence-corrected chi connectivity index (χ0v) is 16.2. The van der Waals surface area contributed by atoms with E-state index < -0.39 is 11.9 Å². The fourth-order valence-corrected chi connectivity index (χ4v) is 3.73. The van der Waals surface area contributed by atoms with E-state index in [-0.39, 0.29) is 23.7 Å². The highest BCUT2D eigenvalue weighted by molar-refractivity contribution is 6.05. The minimum atomic E-state index is -0.606. The van der Waals surface area contributed by atoms with E-state index in [9.17, 15) is 14.4 Å². The van der Waals surface area contributed by atoms with Gasteiger partial charge >= 0.3 is 0 Å². The topological polar surface area (TPSA) is 97.2 Å². The predicted molar refractivity (Wildman–Crippen MR) is 101 cm³/mol. The molecular formula is C20H23N5O3. The Labute approximate surface area is 162 Å². The molecule has 0 spiro atoms. The summed E-state index contributed by atoms with van der Waals surface area (Å²) in [6.45, 7) is 6.80. The summed E-state index contributed by atoms with van der Waals surface area (Å²) in [7, 11) is 0. The molecule has 8 nitrogen and oxygen atoms in total. The molecule has 1 aromatic heterocycles. The van der Waals surface area contributed by atoms with E-state index in [0.29, 0.717) is 18.5 Å². The van der Waals surface area contributed by atoms with Gasteiger partial charge in [-0.05, 0) is 36.0 Å². The monoisotopic (exact) mass is 381 g/mol. The van der Waals surface area contributed by atoms with Crippen LogP contribution in [0.15, 0.2) is 24.4 Å². The average Bonchev–Trinajstić information content (AvgIpc) is 3.18. The summed E-state index contributed by atoms with van der Waals surface area (Å²) in [5.74, 6) is -0.882. The lowest BCUT2D eigenvalue weighted by atomic mass is 9.91. The summed E-state index contributed by atoms with van der Waals surface area (Å²) >= 11 is 0. The van der Waals surface area contributed by atoms with Crippen molar-refractivity contribution in [1.82, 2.24) is 25.2 Å². The molecule has 1 fully saturated rings. The van der Waals surface area contributed by atoms with Crippen LogP contribution < -0.4 is 5.32 Å². The smallest absolute Gasteiger partial charge is 0.255 e. The molecule has 8 heteroatoms. The first-order chi connectivity index (χ1) is 13.2. The van der Waals surface area contributed by atoms with E-state index in [1.54, 1.807) is 15.6 Å². The first-order valence-electron chi connectivity index (χ1n) is 9.40. The van der Waals surface area contributed by atoms with Crippen LogP contribution in [0.2, 0.25) is 0 Å². The fraction of sp³-hybridized carbons (Fsp3) is 0.450. The fourth-order valence-electron chi connectivity index (χ4n) is 3.73. The van der Waals surface area contributed by atoms with Gasteiger partial charge in [-0.25, -0.2) is 4.68 Å². The summed E-state index contributed by atoms with van der Waals surface area (Å²) in [5.41, 5.74) is 3.19. The number of amides is 3. The number of nitrogens with zero attached hydrogens (tertiary/aromatic N) is 4. The minimum Gasteiger partial charge on any atom is -0.322 e. The third kappa shape index (κ3) is 3.42. The maximum Gasteiger partial charge on any atom is 0.255 e. The lowest BCUT2D eigenvalue weighted by molar-refractivity contribution is -0.136. The van der Waals surface area contributed by atoms with E-state index in [1.807, 2.05) is 18.3 Å². The third-order valence-corrected chi connectivity index (χ3v) is 5.03. The van der Waals surface area contributed by atoms with Crippen LogP contribution in [0.25, 0.3) is 5.69 Å². The molecule has 28 heavy (non-hydrogen) atoms. The molecule has 1 saturated heterocycles. The number of carbonyl (C=O) groups excluding carboxylic acids is 3. The van der Waals surface area contributed by atoms with Crippen molar-refractivity contribution < 1.29 is 14.4 Å². The summed E-state index contributed by atoms with van der Waals surface area (Å²) in [6, 6.07) is 4.97. The first kappa shape index (κ1) is 18.3. The Balaban J connectivity index is 1.56. The molecule has 0 aliphatic carbocycles. The molecule has 2 aromatic rings. The minimum absolute atomic E-state index is 0.108. The summed E-state index contributed by atoms with van der Waals surface area (Å²) < 4.78 is 1.67. The van der Waals surface area contributed by atoms with Crippen LogP contribution in [0.5, 0.6) is 0 Å². The number of fused-ring (bicyclic) bond motifs is 1. The maximum atomic E-state index is 12.9. The second kappa shape index (κ2) is 6.54. The molecule has 3 heterocycles. The second-order valence-corrected chi connectivity index (χ2v) is 8.63. The molecule has 1 atom stereocenters. The Morgan fingerprint density at radius 2 is 2.00 bits per heavy atom. The van der Waals surface area contributed by atoms with Crippen LogP contribution in [0, 0.1) is 5.41 Å². The van der Waals surface area contributed by atoms with Gasteiger partial charge in [-0.15, -0.1) is 5.10 Å². The molecule has 2 aliphatic rings. The van der Waals surface area contributed by atoms with Crippen molar-refractivity contribution in [2.75, 3.05) is 0 Å². The van der Waals surface area contributed by atoms with Gasteiger partial charge in [-0.2, -0.15) is 0 Å². The van der Waals surface area contributed by atoms with Crippen LogP contribution in [-0.4, -0.2) is 43.7 Å². The van der Waals surface area contributed by atoms with Crippen molar-refractivity contribution in [3.63, 3.8) is 0 Å². The SMILES string of the molecule is CC(C)(C)Cc1cn(-c2ccc3c(c2)C(=O)N(C2CCC(=O)NC2=O)C3)nn1. The number of imide groups is 1. The Hall–Kier alpha value is -3.03. The van der Waals surface area contributed by atoms with Crippen LogP contribution in [0.3, 0.4) is 0 Å². The van der Waals surface area contributed by atoms with E-state index in [0.717, 1.165) is 23.4 Å². The Morgan fingerprint density at radius 3 is 2.71 bits per heavy atom. The van der Waals surface area contributed by atoms with Gasteiger partial charge in [0, 0.05) is 18.5 Å². The highest BCUT2D eigenvalue weighted by atomic mass is 16.2. The van der Waals surface area contributed by atoms with Crippen LogP contribution in [0.4, 0.5) is 0 Å². The second-order valence-electron chi connectivity index (χ2n) is 8.63. The number of hydrogen-bond donors (Lipinski definition) is 1. The molecule has 2 aliphatic heterocycles. The van der Waals surface area contributed by atoms with Gasteiger partial charge in [0.15, 0.2) is 0 Å². The van der Waals surface area contributed by atoms with Gasteiger partial charge in [0.05, 0.1) is 17.6 Å². The molecular weight excluding hydrogens is 358 g/mol. The number of hydrogen-bond acceptors (Lipinski definition) is 5. The van der Waals surface area contributed by atoms with E-state index in [4.69, 9.17) is 0 Å². The Kier molecular flexibility index (Phi) is 4.28. The molecule has 1 unspecified atom stereocenters. The molecule has 0 bridgehead atoms. The van der Waals surface area contributed by atoms with Crippen molar-refractivity contribution >= 4 is 17.7 Å². The molecule has 3 amide bonds. The lowest BCUT2D eigenvalue weighted by Gasteiger charge is -2.29. The largest absolute Gasteiger partial charge is 0.322 e. The molecule has 1 N–H and O–H groups in total. The summed E-state index contributed by atoms with van der Waals surface area (Å²) in [5, 5.41) is 10.7. The van der Waals surface area contributed by atoms with Crippen LogP contribution in [0.1, 0.15) is 55.2 Å². The van der Waals surface area contributed by atoms with Gasteiger partial charge in [0.25, 0.3) is 5.91 Å². The lowest BCUT2D eigenvalue weighted by Crippen LogP contribution is -2.52. The van der Waals surface area contributed by atoms with E-state index in [1.165, 1.54) is 0 Å². The maximum absolute atomic E-state index is 12.9. The average molecular weight is 381 g/mol. The van der Waals surface area contributed by atoms with Gasteiger partial charge in [0.2, 0.25) is 11.8 Å². The molecule has 0 saturated carbocycles. The predicted octanol–water partition coefficient (Wildman–Crippen LogP) is 1.62. The van der Waals surface area contributed by atoms with Crippen LogP contribution in [-0.2, 0) is 22.6 Å². The summed E-state index contributed by atoms with van der Waals surface area (Å²) in [6.07, 6.45) is 3.29. The number of nitrogens with one attached hydrogen (secondary N) is 1. The zero-order chi connectivity index (χ0) is 20.1. The third-order valence-electron chi connectivity index (χ3n) is 5.03. The first-order valence-corrected chi connectivity index (χ1v) is 9.40. The number of carbonyl (C=O) groups is 3. The highest BCUT2D eigenvalue weighted by Gasteiger charge is 2.39. The standard InChI is InChI=1S/C20H23N5O3/c1-20(2,3)9-13-11-25(23-22-13)14-5-4-12-10-24(19(28)15(12)8-14)16-6-7-17(26)21-18(16)27/h4-5,8,11,16H,6-7,9-10H2,1-3H3,(H,21,26,27). The highest BCUT2D eigenvalue weighted by Crippen LogP contribution is 2.29. The van der Waals surface area contributed by atoms with Crippen molar-refractivity contribution in [1.29, 1.82) is 0 Å². The van der Waals surface area contributed by atoms with Crippen molar-refractivity contribution in [2.24, 2.45) is 5.41 Å². The zero-order valence-electron chi connectivity index (χ0n) is 16.2. The molecule has 146 valence electrons. The van der Waals surface area contributed by atoms with Gasteiger partial charge in [-0.3, -0.25) is 19.7 Å². The van der Waals surface area contributed by atoms with E-state index in [2.05, 4.69) is 36.4 Å². The number of benzene rings is 1. The van der Waals surface area contributed by atoms with Crippen molar-refractivity contribution in [3.8, 4) is 5.69 Å². The van der Waals surface area contributed by atoms with Crippen LogP contribution >= 0.6 is 0 Å². The van der Waals surface area contributed by atoms with Gasteiger partial charge < -0.3 is 4.90 Å². The summed E-state index contributed by atoms with van der Waals surface area (Å²) in [4.78, 5) is 38.0. The Bertz CT molecular complexity index is 972. The normalized spacial score (nSPS) is 19.8. The number of aromatic nitrogens is 3. The van der Waals surface area contributed by atoms with Gasteiger partial charge in [0.1, 0.15) is 6.04 Å². The van der Waals surface area contributed by atoms with Gasteiger partial charge in [-0.1, -0.05) is 32.1 Å². The number of piperidine rings is 1. The van der Waals surface area contributed by atoms with Crippen molar-refractivity contribution in [3.05, 3.63) is 41.2 Å². The van der Waals surface area contributed by atoms with E-state index >= 15 is 0 Å². The number of rotatable bonds is 3. The molecule has 0 radical (unpaired) electrons. The molecule has 4 rings (SSSR count). The van der Waals surface area contributed by atoms with Crippen molar-refractivity contribution in [2.45, 2.75) is 52.6 Å². The Morgan fingerprint density at radius 1 is 1.21 bits per heavy atom. The quantitative estimate of drug-likeness (QED) is 0.815. The molecule has 1 aromatic carbocycles.